The fraction of sp³-hybridized carbons (Fsp3) is 0.458. The summed E-state index contributed by atoms with van der Waals surface area (Å²) in [7, 11) is 0. The first-order chi connectivity index (χ1) is 14.2. The highest BCUT2D eigenvalue weighted by atomic mass is 16.7. The molecule has 0 aliphatic carbocycles. The van der Waals surface area contributed by atoms with E-state index in [4.69, 9.17) is 14.2 Å². The first kappa shape index (κ1) is 19.9. The van der Waals surface area contributed by atoms with Crippen molar-refractivity contribution in [2.45, 2.75) is 51.9 Å². The number of amides is 1. The SMILES string of the molecule is CCCCc1ccc2c(c1)C1(OCCCO1)C(=O)N2Cc1ccc(OCC)cc1. The summed E-state index contributed by atoms with van der Waals surface area (Å²) in [5.41, 5.74) is 3.99. The zero-order valence-electron chi connectivity index (χ0n) is 17.3. The highest BCUT2D eigenvalue weighted by Crippen LogP contribution is 2.46. The quantitative estimate of drug-likeness (QED) is 0.689. The molecule has 0 N–H and O–H groups in total. The summed E-state index contributed by atoms with van der Waals surface area (Å²) in [4.78, 5) is 15.3. The van der Waals surface area contributed by atoms with Crippen LogP contribution in [0.4, 0.5) is 5.69 Å². The number of anilines is 1. The Balaban J connectivity index is 1.66. The van der Waals surface area contributed by atoms with E-state index in [9.17, 15) is 4.79 Å². The van der Waals surface area contributed by atoms with Crippen LogP contribution in [0, 0.1) is 0 Å². The maximum absolute atomic E-state index is 13.5. The number of fused-ring (bicyclic) bond motifs is 2. The summed E-state index contributed by atoms with van der Waals surface area (Å²) in [6, 6.07) is 14.2. The van der Waals surface area contributed by atoms with Crippen LogP contribution < -0.4 is 9.64 Å². The van der Waals surface area contributed by atoms with Crippen LogP contribution in [0.15, 0.2) is 42.5 Å². The first-order valence-electron chi connectivity index (χ1n) is 10.6. The van der Waals surface area contributed by atoms with E-state index < -0.39 is 5.79 Å². The number of ether oxygens (including phenoxy) is 3. The van der Waals surface area contributed by atoms with Crippen LogP contribution in [-0.2, 0) is 33.0 Å². The number of unbranched alkanes of at least 4 members (excludes halogenated alkanes) is 1. The molecule has 5 nitrogen and oxygen atoms in total. The third kappa shape index (κ3) is 3.77. The number of carbonyl (C=O) groups is 1. The minimum absolute atomic E-state index is 0.131. The highest BCUT2D eigenvalue weighted by molar-refractivity contribution is 6.06. The third-order valence-electron chi connectivity index (χ3n) is 5.53. The average Bonchev–Trinajstić information content (AvgIpc) is 2.97. The number of benzene rings is 2. The van der Waals surface area contributed by atoms with Crippen molar-refractivity contribution >= 4 is 11.6 Å². The van der Waals surface area contributed by atoms with Gasteiger partial charge in [0.25, 0.3) is 11.7 Å². The molecule has 1 fully saturated rings. The first-order valence-corrected chi connectivity index (χ1v) is 10.6. The molecule has 2 aliphatic rings. The summed E-state index contributed by atoms with van der Waals surface area (Å²) in [6.45, 7) is 6.31. The maximum atomic E-state index is 13.5. The molecular weight excluding hydrogens is 366 g/mol. The lowest BCUT2D eigenvalue weighted by molar-refractivity contribution is -0.256. The Morgan fingerprint density at radius 1 is 1.03 bits per heavy atom. The molecule has 29 heavy (non-hydrogen) atoms. The molecular formula is C24H29NO4. The van der Waals surface area contributed by atoms with Crippen LogP contribution in [0.25, 0.3) is 0 Å². The number of carbonyl (C=O) groups excluding carboxylic acids is 1. The van der Waals surface area contributed by atoms with Gasteiger partial charge in [-0.05, 0) is 61.6 Å². The van der Waals surface area contributed by atoms with Crippen LogP contribution in [0.1, 0.15) is 49.8 Å². The van der Waals surface area contributed by atoms with Crippen molar-refractivity contribution in [3.05, 3.63) is 59.2 Å². The summed E-state index contributed by atoms with van der Waals surface area (Å²) >= 11 is 0. The minimum Gasteiger partial charge on any atom is -0.494 e. The van der Waals surface area contributed by atoms with Gasteiger partial charge in [-0.1, -0.05) is 31.5 Å². The molecule has 154 valence electrons. The third-order valence-corrected chi connectivity index (χ3v) is 5.53. The van der Waals surface area contributed by atoms with Gasteiger partial charge in [0.15, 0.2) is 0 Å². The molecule has 0 saturated carbocycles. The Kier molecular flexibility index (Phi) is 5.88. The van der Waals surface area contributed by atoms with Crippen molar-refractivity contribution < 1.29 is 19.0 Å². The van der Waals surface area contributed by atoms with Gasteiger partial charge in [-0.3, -0.25) is 4.79 Å². The van der Waals surface area contributed by atoms with Gasteiger partial charge < -0.3 is 19.1 Å². The second-order valence-corrected chi connectivity index (χ2v) is 7.59. The highest BCUT2D eigenvalue weighted by Gasteiger charge is 2.54. The van der Waals surface area contributed by atoms with Crippen LogP contribution in [0.2, 0.25) is 0 Å². The van der Waals surface area contributed by atoms with E-state index in [1.807, 2.05) is 37.3 Å². The van der Waals surface area contributed by atoms with E-state index in [2.05, 4.69) is 19.1 Å². The van der Waals surface area contributed by atoms with E-state index in [0.29, 0.717) is 26.4 Å². The topological polar surface area (TPSA) is 48.0 Å². The molecule has 0 radical (unpaired) electrons. The lowest BCUT2D eigenvalue weighted by atomic mass is 10.00. The second kappa shape index (κ2) is 8.56. The van der Waals surface area contributed by atoms with Crippen molar-refractivity contribution in [2.75, 3.05) is 24.7 Å². The molecule has 1 spiro atoms. The summed E-state index contributed by atoms with van der Waals surface area (Å²) in [5.74, 6) is -0.588. The van der Waals surface area contributed by atoms with Crippen molar-refractivity contribution in [3.63, 3.8) is 0 Å². The number of rotatable bonds is 7. The largest absolute Gasteiger partial charge is 0.494 e. The van der Waals surface area contributed by atoms with Gasteiger partial charge in [-0.15, -0.1) is 0 Å². The average molecular weight is 395 g/mol. The van der Waals surface area contributed by atoms with Gasteiger partial charge in [0.2, 0.25) is 0 Å². The van der Waals surface area contributed by atoms with Crippen molar-refractivity contribution in [1.82, 2.24) is 0 Å². The zero-order chi connectivity index (χ0) is 20.3. The monoisotopic (exact) mass is 395 g/mol. The van der Waals surface area contributed by atoms with Gasteiger partial charge in [0.1, 0.15) is 5.75 Å². The Labute approximate surface area is 172 Å². The summed E-state index contributed by atoms with van der Waals surface area (Å²) < 4.78 is 17.5. The second-order valence-electron chi connectivity index (χ2n) is 7.59. The van der Waals surface area contributed by atoms with Crippen LogP contribution in [0.5, 0.6) is 5.75 Å². The summed E-state index contributed by atoms with van der Waals surface area (Å²) in [5, 5.41) is 0. The number of hydrogen-bond donors (Lipinski definition) is 0. The van der Waals surface area contributed by atoms with Crippen LogP contribution in [-0.4, -0.2) is 25.7 Å². The van der Waals surface area contributed by atoms with Gasteiger partial charge in [0.05, 0.1) is 32.1 Å². The maximum Gasteiger partial charge on any atom is 0.292 e. The van der Waals surface area contributed by atoms with E-state index in [-0.39, 0.29) is 5.91 Å². The van der Waals surface area contributed by atoms with Crippen molar-refractivity contribution in [3.8, 4) is 5.75 Å². The van der Waals surface area contributed by atoms with Crippen molar-refractivity contribution in [1.29, 1.82) is 0 Å². The normalized spacial score (nSPS) is 17.6. The lowest BCUT2D eigenvalue weighted by Crippen LogP contribution is -2.47. The van der Waals surface area contributed by atoms with Gasteiger partial charge in [0, 0.05) is 5.56 Å². The molecule has 0 aromatic heterocycles. The Morgan fingerprint density at radius 3 is 2.45 bits per heavy atom. The van der Waals surface area contributed by atoms with Crippen LogP contribution >= 0.6 is 0 Å². The Hall–Kier alpha value is -2.37. The standard InChI is InChI=1S/C24H29NO4/c1-3-5-7-18-10-13-22-21(16-18)24(28-14-6-15-29-24)23(26)25(22)17-19-8-11-20(12-9-19)27-4-2/h8-13,16H,3-7,14-15,17H2,1-2H3. The van der Waals surface area contributed by atoms with E-state index in [1.165, 1.54) is 5.56 Å². The molecule has 0 bridgehead atoms. The van der Waals surface area contributed by atoms with E-state index in [1.54, 1.807) is 4.90 Å². The summed E-state index contributed by atoms with van der Waals surface area (Å²) in [6.07, 6.45) is 4.06. The predicted octanol–water partition coefficient (Wildman–Crippen LogP) is 4.56. The minimum atomic E-state index is -1.29. The number of nitrogens with zero attached hydrogens (tertiary/aromatic N) is 1. The van der Waals surface area contributed by atoms with Crippen molar-refractivity contribution in [2.24, 2.45) is 0 Å². The van der Waals surface area contributed by atoms with Gasteiger partial charge in [-0.25, -0.2) is 0 Å². The van der Waals surface area contributed by atoms with Gasteiger partial charge in [-0.2, -0.15) is 0 Å². The van der Waals surface area contributed by atoms with Crippen LogP contribution in [0.3, 0.4) is 0 Å². The molecule has 4 rings (SSSR count). The molecule has 1 amide bonds. The fourth-order valence-corrected chi connectivity index (χ4v) is 4.03. The lowest BCUT2D eigenvalue weighted by Gasteiger charge is -2.32. The zero-order valence-corrected chi connectivity index (χ0v) is 17.3. The Bertz CT molecular complexity index is 856. The molecule has 1 saturated heterocycles. The smallest absolute Gasteiger partial charge is 0.292 e. The predicted molar refractivity (Wildman–Crippen MR) is 112 cm³/mol. The molecule has 0 unspecified atom stereocenters. The molecule has 2 aliphatic heterocycles. The number of aryl methyl sites for hydroxylation is 1. The molecule has 0 atom stereocenters. The van der Waals surface area contributed by atoms with E-state index >= 15 is 0 Å². The fourth-order valence-electron chi connectivity index (χ4n) is 4.03. The number of hydrogen-bond acceptors (Lipinski definition) is 4. The van der Waals surface area contributed by atoms with Gasteiger partial charge >= 0.3 is 0 Å². The molecule has 5 heteroatoms. The Morgan fingerprint density at radius 2 is 1.76 bits per heavy atom. The molecule has 2 aromatic carbocycles. The molecule has 2 heterocycles. The van der Waals surface area contributed by atoms with E-state index in [0.717, 1.165) is 48.2 Å². The molecule has 2 aromatic rings.